The van der Waals surface area contributed by atoms with Crippen LogP contribution in [0.5, 0.6) is 0 Å². The van der Waals surface area contributed by atoms with E-state index in [0.29, 0.717) is 36.3 Å². The van der Waals surface area contributed by atoms with Crippen LogP contribution in [0, 0.1) is 11.8 Å². The highest BCUT2D eigenvalue weighted by Gasteiger charge is 2.05. The Morgan fingerprint density at radius 1 is 1.00 bits per heavy atom. The van der Waals surface area contributed by atoms with Crippen LogP contribution < -0.4 is 22.1 Å². The van der Waals surface area contributed by atoms with Crippen LogP contribution in [0.2, 0.25) is 0 Å². The summed E-state index contributed by atoms with van der Waals surface area (Å²) < 4.78 is 0. The molecule has 1 aliphatic carbocycles. The maximum Gasteiger partial charge on any atom is 0.225 e. The Hall–Kier alpha value is -2.90. The minimum atomic E-state index is -0.0748. The number of rotatable bonds is 7. The Bertz CT molecular complexity index is 671. The summed E-state index contributed by atoms with van der Waals surface area (Å²) in [6.07, 6.45) is 16.0. The second-order valence-corrected chi connectivity index (χ2v) is 8.53. The lowest BCUT2D eigenvalue weighted by molar-refractivity contribution is -0.121. The highest BCUT2D eigenvalue weighted by atomic mass is 16.2. The van der Waals surface area contributed by atoms with E-state index in [9.17, 15) is 9.59 Å². The molecule has 0 saturated heterocycles. The molecule has 0 bridgehead atoms. The Kier molecular flexibility index (Phi) is 17.1. The summed E-state index contributed by atoms with van der Waals surface area (Å²) in [4.78, 5) is 22.4. The van der Waals surface area contributed by atoms with E-state index in [4.69, 9.17) is 11.5 Å². The van der Waals surface area contributed by atoms with Gasteiger partial charge in [0.2, 0.25) is 11.8 Å². The molecule has 8 nitrogen and oxygen atoms in total. The standard InChI is InChI=1S/C9H13N3O.C9H17N3O.C6H12/c1-7(2)6-9(13)11-8-4-3-5-10-12-8;1-7(2)6-9(13)12-8(11)4-3-5-10;1-2-4-6-5-3-1/h3-5,7H,6H2,1-2H3,(H,11,12,13);3-5,7H,6,10-11H2,1-2H3,(H,12,13);1-6H2/b;5-3-,8-4+;. The van der Waals surface area contributed by atoms with Gasteiger partial charge in [0.1, 0.15) is 5.82 Å². The molecular weight excluding hydrogens is 404 g/mol. The molecule has 0 aliphatic heterocycles. The Morgan fingerprint density at radius 3 is 1.97 bits per heavy atom. The molecule has 1 fully saturated rings. The van der Waals surface area contributed by atoms with E-state index < -0.39 is 0 Å². The van der Waals surface area contributed by atoms with E-state index >= 15 is 0 Å². The van der Waals surface area contributed by atoms with Gasteiger partial charge in [0, 0.05) is 19.0 Å². The number of nitrogens with two attached hydrogens (primary N) is 2. The molecule has 0 aromatic carbocycles. The average molecular weight is 447 g/mol. The summed E-state index contributed by atoms with van der Waals surface area (Å²) in [6, 6.07) is 3.45. The molecule has 1 saturated carbocycles. The molecule has 0 spiro atoms. The van der Waals surface area contributed by atoms with Gasteiger partial charge in [-0.15, -0.1) is 5.10 Å². The van der Waals surface area contributed by atoms with Gasteiger partial charge in [0.15, 0.2) is 5.82 Å². The first-order valence-corrected chi connectivity index (χ1v) is 11.5. The van der Waals surface area contributed by atoms with Crippen molar-refractivity contribution >= 4 is 17.6 Å². The van der Waals surface area contributed by atoms with Gasteiger partial charge in [-0.25, -0.2) is 0 Å². The summed E-state index contributed by atoms with van der Waals surface area (Å²) >= 11 is 0. The van der Waals surface area contributed by atoms with Crippen LogP contribution in [0.4, 0.5) is 5.82 Å². The fraction of sp³-hybridized carbons (Fsp3) is 0.583. The van der Waals surface area contributed by atoms with E-state index in [1.54, 1.807) is 24.4 Å². The molecule has 6 N–H and O–H groups in total. The molecule has 0 radical (unpaired) electrons. The summed E-state index contributed by atoms with van der Waals surface area (Å²) in [7, 11) is 0. The van der Waals surface area contributed by atoms with Gasteiger partial charge < -0.3 is 22.1 Å². The quantitative estimate of drug-likeness (QED) is 0.463. The fourth-order valence-electron chi connectivity index (χ4n) is 2.78. The van der Waals surface area contributed by atoms with Crippen LogP contribution in [0.3, 0.4) is 0 Å². The van der Waals surface area contributed by atoms with Crippen molar-refractivity contribution in [3.63, 3.8) is 0 Å². The Labute approximate surface area is 193 Å². The number of carbonyl (C=O) groups is 2. The number of allylic oxidation sites excluding steroid dienone is 2. The Balaban J connectivity index is 0.000000479. The van der Waals surface area contributed by atoms with Gasteiger partial charge in [0.25, 0.3) is 0 Å². The maximum atomic E-state index is 11.2. The summed E-state index contributed by atoms with van der Waals surface area (Å²) in [5.74, 6) is 1.42. The first-order chi connectivity index (χ1) is 15.2. The largest absolute Gasteiger partial charge is 0.405 e. The second-order valence-electron chi connectivity index (χ2n) is 8.53. The third-order valence-corrected chi connectivity index (χ3v) is 4.20. The normalized spacial score (nSPS) is 13.6. The van der Waals surface area contributed by atoms with Crippen LogP contribution >= 0.6 is 0 Å². The molecule has 8 heteroatoms. The van der Waals surface area contributed by atoms with Crippen molar-refractivity contribution < 1.29 is 9.59 Å². The number of amides is 2. The van der Waals surface area contributed by atoms with E-state index in [0.717, 1.165) is 0 Å². The van der Waals surface area contributed by atoms with Gasteiger partial charge in [-0.3, -0.25) is 9.59 Å². The number of nitrogens with one attached hydrogen (secondary N) is 2. The average Bonchev–Trinajstić information content (AvgIpc) is 2.74. The van der Waals surface area contributed by atoms with Crippen LogP contribution in [0.1, 0.15) is 79.1 Å². The molecule has 0 atom stereocenters. The number of hydrogen-bond donors (Lipinski definition) is 4. The molecule has 1 aliphatic rings. The zero-order chi connectivity index (χ0) is 24.2. The van der Waals surface area contributed by atoms with Crippen molar-refractivity contribution in [1.29, 1.82) is 0 Å². The molecule has 1 aromatic rings. The molecule has 1 aromatic heterocycles. The zero-order valence-corrected chi connectivity index (χ0v) is 20.1. The predicted molar refractivity (Wildman–Crippen MR) is 131 cm³/mol. The van der Waals surface area contributed by atoms with Crippen LogP contribution in [0.15, 0.2) is 42.5 Å². The van der Waals surface area contributed by atoms with Crippen molar-refractivity contribution in [3.8, 4) is 0 Å². The third kappa shape index (κ3) is 19.1. The van der Waals surface area contributed by atoms with Gasteiger partial charge in [-0.05, 0) is 42.3 Å². The molecule has 180 valence electrons. The van der Waals surface area contributed by atoms with E-state index in [2.05, 4.69) is 20.8 Å². The third-order valence-electron chi connectivity index (χ3n) is 4.20. The van der Waals surface area contributed by atoms with Crippen molar-refractivity contribution in [1.82, 2.24) is 15.5 Å². The summed E-state index contributed by atoms with van der Waals surface area (Å²) in [6.45, 7) is 7.94. The molecular formula is C24H42N6O2. The lowest BCUT2D eigenvalue weighted by Gasteiger charge is -2.05. The number of aromatic nitrogens is 2. The van der Waals surface area contributed by atoms with Crippen molar-refractivity contribution in [3.05, 3.63) is 42.5 Å². The Morgan fingerprint density at radius 2 is 1.53 bits per heavy atom. The highest BCUT2D eigenvalue weighted by Crippen LogP contribution is 2.15. The predicted octanol–water partition coefficient (Wildman–Crippen LogP) is 4.22. The minimum Gasteiger partial charge on any atom is -0.405 e. The molecule has 1 heterocycles. The first-order valence-electron chi connectivity index (χ1n) is 11.5. The maximum absolute atomic E-state index is 11.2. The van der Waals surface area contributed by atoms with E-state index in [1.165, 1.54) is 50.8 Å². The molecule has 2 amide bonds. The van der Waals surface area contributed by atoms with E-state index in [-0.39, 0.29) is 11.8 Å². The minimum absolute atomic E-state index is 0.0181. The van der Waals surface area contributed by atoms with Crippen LogP contribution in [-0.4, -0.2) is 22.0 Å². The van der Waals surface area contributed by atoms with E-state index in [1.807, 2.05) is 27.7 Å². The molecule has 32 heavy (non-hydrogen) atoms. The van der Waals surface area contributed by atoms with Gasteiger partial charge in [-0.2, -0.15) is 5.10 Å². The smallest absolute Gasteiger partial charge is 0.225 e. The molecule has 2 rings (SSSR count). The van der Waals surface area contributed by atoms with Gasteiger partial charge in [-0.1, -0.05) is 66.2 Å². The lowest BCUT2D eigenvalue weighted by atomic mass is 10.0. The lowest BCUT2D eigenvalue weighted by Crippen LogP contribution is -2.28. The SMILES string of the molecule is C1CCCCC1.CC(C)CC(=O)N/C(N)=C/C=C\N.CC(C)CC(=O)Nc1cccnn1. The van der Waals surface area contributed by atoms with Crippen molar-refractivity contribution in [2.24, 2.45) is 23.3 Å². The molecule has 0 unspecified atom stereocenters. The number of carbonyl (C=O) groups excluding carboxylic acids is 2. The van der Waals surface area contributed by atoms with Gasteiger partial charge in [0.05, 0.1) is 0 Å². The highest BCUT2D eigenvalue weighted by molar-refractivity contribution is 5.89. The van der Waals surface area contributed by atoms with Crippen LogP contribution in [-0.2, 0) is 9.59 Å². The van der Waals surface area contributed by atoms with Gasteiger partial charge >= 0.3 is 0 Å². The second kappa shape index (κ2) is 18.8. The first kappa shape index (κ1) is 29.1. The zero-order valence-electron chi connectivity index (χ0n) is 20.1. The monoisotopic (exact) mass is 446 g/mol. The van der Waals surface area contributed by atoms with Crippen molar-refractivity contribution in [2.45, 2.75) is 79.1 Å². The summed E-state index contributed by atoms with van der Waals surface area (Å²) in [5.41, 5.74) is 10.6. The van der Waals surface area contributed by atoms with Crippen LogP contribution in [0.25, 0.3) is 0 Å². The number of nitrogens with zero attached hydrogens (tertiary/aromatic N) is 2. The summed E-state index contributed by atoms with van der Waals surface area (Å²) in [5, 5.41) is 12.6. The van der Waals surface area contributed by atoms with Crippen molar-refractivity contribution in [2.75, 3.05) is 5.32 Å². The number of hydrogen-bond acceptors (Lipinski definition) is 6. The number of anilines is 1. The topological polar surface area (TPSA) is 136 Å². The fourth-order valence-corrected chi connectivity index (χ4v) is 2.78.